The van der Waals surface area contributed by atoms with Crippen molar-refractivity contribution in [1.82, 2.24) is 10.2 Å². The number of imide groups is 1. The van der Waals surface area contributed by atoms with Crippen LogP contribution in [0.4, 0.5) is 4.79 Å². The largest absolute Gasteiger partial charge is 0.382 e. The maximum Gasteiger partial charge on any atom is 0.324 e. The first-order valence-electron chi connectivity index (χ1n) is 3.93. The molecule has 2 N–H and O–H groups in total. The van der Waals surface area contributed by atoms with Gasteiger partial charge in [0.15, 0.2) is 0 Å². The standard InChI is InChI=1S/C7H10N2O4/c1-9-5(10)4(8-6(9)11)7(12)2-13-3-7/h4,12H,2-3H2,1H3,(H,8,11). The van der Waals surface area contributed by atoms with Gasteiger partial charge in [0.1, 0.15) is 11.6 Å². The minimum Gasteiger partial charge on any atom is -0.382 e. The van der Waals surface area contributed by atoms with Crippen LogP contribution in [0.3, 0.4) is 0 Å². The molecule has 2 heterocycles. The lowest BCUT2D eigenvalue weighted by atomic mass is 9.92. The van der Waals surface area contributed by atoms with Crippen molar-refractivity contribution in [2.75, 3.05) is 20.3 Å². The molecule has 3 amide bonds. The van der Waals surface area contributed by atoms with Gasteiger partial charge in [0, 0.05) is 7.05 Å². The number of rotatable bonds is 1. The molecule has 0 spiro atoms. The van der Waals surface area contributed by atoms with Crippen LogP contribution >= 0.6 is 0 Å². The van der Waals surface area contributed by atoms with E-state index in [0.717, 1.165) is 4.90 Å². The number of amides is 3. The van der Waals surface area contributed by atoms with Gasteiger partial charge in [-0.05, 0) is 0 Å². The molecule has 1 atom stereocenters. The van der Waals surface area contributed by atoms with Crippen molar-refractivity contribution in [2.45, 2.75) is 11.6 Å². The fraction of sp³-hybridized carbons (Fsp3) is 0.714. The minimum atomic E-state index is -1.21. The summed E-state index contributed by atoms with van der Waals surface area (Å²) < 4.78 is 4.80. The summed E-state index contributed by atoms with van der Waals surface area (Å²) in [6, 6.07) is -1.32. The third-order valence-electron chi connectivity index (χ3n) is 2.39. The van der Waals surface area contributed by atoms with Gasteiger partial charge in [-0.3, -0.25) is 9.69 Å². The molecule has 6 nitrogen and oxygen atoms in total. The number of urea groups is 1. The Kier molecular flexibility index (Phi) is 1.58. The molecule has 2 aliphatic rings. The Hall–Kier alpha value is -1.14. The number of hydrogen-bond donors (Lipinski definition) is 2. The predicted molar refractivity (Wildman–Crippen MR) is 40.9 cm³/mol. The zero-order chi connectivity index (χ0) is 9.64. The molecule has 0 aromatic carbocycles. The Bertz CT molecular complexity index is 274. The van der Waals surface area contributed by atoms with Crippen molar-refractivity contribution in [3.05, 3.63) is 0 Å². The fourth-order valence-electron chi connectivity index (χ4n) is 1.42. The number of ether oxygens (including phenoxy) is 1. The molecular weight excluding hydrogens is 176 g/mol. The Morgan fingerprint density at radius 1 is 1.62 bits per heavy atom. The lowest BCUT2D eigenvalue weighted by Crippen LogP contribution is -2.63. The SMILES string of the molecule is CN1C(=O)NC(C2(O)COC2)C1=O. The molecule has 2 aliphatic heterocycles. The van der Waals surface area contributed by atoms with E-state index in [1.54, 1.807) is 0 Å². The molecule has 72 valence electrons. The Morgan fingerprint density at radius 2 is 2.23 bits per heavy atom. The molecular formula is C7H10N2O4. The summed E-state index contributed by atoms with van der Waals surface area (Å²) in [4.78, 5) is 23.4. The first kappa shape index (κ1) is 8.46. The van der Waals surface area contributed by atoms with E-state index in [4.69, 9.17) is 4.74 Å². The van der Waals surface area contributed by atoms with Crippen LogP contribution in [0.2, 0.25) is 0 Å². The fourth-order valence-corrected chi connectivity index (χ4v) is 1.42. The third kappa shape index (κ3) is 1.02. The molecule has 0 aliphatic carbocycles. The zero-order valence-corrected chi connectivity index (χ0v) is 7.11. The van der Waals surface area contributed by atoms with Gasteiger partial charge >= 0.3 is 6.03 Å². The number of nitrogens with zero attached hydrogens (tertiary/aromatic N) is 1. The minimum absolute atomic E-state index is 0.0948. The summed E-state index contributed by atoms with van der Waals surface area (Å²) >= 11 is 0. The highest BCUT2D eigenvalue weighted by Gasteiger charge is 2.53. The first-order chi connectivity index (χ1) is 6.04. The van der Waals surface area contributed by atoms with Crippen molar-refractivity contribution in [2.24, 2.45) is 0 Å². The zero-order valence-electron chi connectivity index (χ0n) is 7.11. The van der Waals surface area contributed by atoms with E-state index >= 15 is 0 Å². The number of hydrogen-bond acceptors (Lipinski definition) is 4. The van der Waals surface area contributed by atoms with Crippen molar-refractivity contribution < 1.29 is 19.4 Å². The molecule has 13 heavy (non-hydrogen) atoms. The van der Waals surface area contributed by atoms with E-state index in [0.29, 0.717) is 0 Å². The Morgan fingerprint density at radius 3 is 2.54 bits per heavy atom. The van der Waals surface area contributed by atoms with Gasteiger partial charge < -0.3 is 15.2 Å². The maximum absolute atomic E-state index is 11.4. The monoisotopic (exact) mass is 186 g/mol. The Labute approximate surface area is 74.5 Å². The van der Waals surface area contributed by atoms with Gasteiger partial charge in [-0.1, -0.05) is 0 Å². The summed E-state index contributed by atoms with van der Waals surface area (Å²) in [5, 5.41) is 12.1. The lowest BCUT2D eigenvalue weighted by molar-refractivity contribution is -0.193. The molecule has 6 heteroatoms. The molecule has 2 rings (SSSR count). The molecule has 0 aromatic rings. The van der Waals surface area contributed by atoms with E-state index in [9.17, 15) is 14.7 Å². The van der Waals surface area contributed by atoms with Gasteiger partial charge in [-0.2, -0.15) is 0 Å². The van der Waals surface area contributed by atoms with Crippen LogP contribution < -0.4 is 5.32 Å². The highest BCUT2D eigenvalue weighted by atomic mass is 16.5. The normalized spacial score (nSPS) is 31.5. The topological polar surface area (TPSA) is 78.9 Å². The van der Waals surface area contributed by atoms with Crippen LogP contribution in [0.1, 0.15) is 0 Å². The number of likely N-dealkylation sites (N-methyl/N-ethyl adjacent to an activating group) is 1. The second-order valence-electron chi connectivity index (χ2n) is 3.38. The van der Waals surface area contributed by atoms with Gasteiger partial charge in [0.2, 0.25) is 0 Å². The Balaban J connectivity index is 2.18. The van der Waals surface area contributed by atoms with Gasteiger partial charge in [0.25, 0.3) is 5.91 Å². The van der Waals surface area contributed by atoms with Crippen molar-refractivity contribution in [1.29, 1.82) is 0 Å². The van der Waals surface area contributed by atoms with Gasteiger partial charge in [-0.15, -0.1) is 0 Å². The van der Waals surface area contributed by atoms with Crippen molar-refractivity contribution in [3.8, 4) is 0 Å². The van der Waals surface area contributed by atoms with Crippen LogP contribution in [-0.4, -0.2) is 53.8 Å². The maximum atomic E-state index is 11.4. The van der Waals surface area contributed by atoms with E-state index in [1.807, 2.05) is 0 Å². The highest BCUT2D eigenvalue weighted by Crippen LogP contribution is 2.24. The molecule has 0 bridgehead atoms. The average Bonchev–Trinajstić information content (AvgIpc) is 2.29. The lowest BCUT2D eigenvalue weighted by Gasteiger charge is -2.39. The smallest absolute Gasteiger partial charge is 0.324 e. The third-order valence-corrected chi connectivity index (χ3v) is 2.39. The number of nitrogens with one attached hydrogen (secondary N) is 1. The molecule has 0 aromatic heterocycles. The molecule has 0 radical (unpaired) electrons. The van der Waals surface area contributed by atoms with E-state index < -0.39 is 23.6 Å². The van der Waals surface area contributed by atoms with E-state index in [-0.39, 0.29) is 13.2 Å². The first-order valence-corrected chi connectivity index (χ1v) is 3.93. The van der Waals surface area contributed by atoms with Crippen molar-refractivity contribution >= 4 is 11.9 Å². The number of carbonyl (C=O) groups excluding carboxylic acids is 2. The summed E-state index contributed by atoms with van der Waals surface area (Å²) in [5.41, 5.74) is -1.21. The van der Waals surface area contributed by atoms with Gasteiger partial charge in [0.05, 0.1) is 13.2 Å². The molecule has 0 saturated carbocycles. The van der Waals surface area contributed by atoms with E-state index in [1.165, 1.54) is 7.05 Å². The molecule has 1 unspecified atom stereocenters. The van der Waals surface area contributed by atoms with Crippen LogP contribution in [0, 0.1) is 0 Å². The van der Waals surface area contributed by atoms with Crippen molar-refractivity contribution in [3.63, 3.8) is 0 Å². The predicted octanol–water partition coefficient (Wildman–Crippen LogP) is -1.70. The van der Waals surface area contributed by atoms with Crippen LogP contribution in [0.5, 0.6) is 0 Å². The van der Waals surface area contributed by atoms with Crippen LogP contribution in [0.25, 0.3) is 0 Å². The highest BCUT2D eigenvalue weighted by molar-refractivity contribution is 6.04. The van der Waals surface area contributed by atoms with Gasteiger partial charge in [-0.25, -0.2) is 4.79 Å². The van der Waals surface area contributed by atoms with Crippen LogP contribution in [-0.2, 0) is 9.53 Å². The molecule has 2 fully saturated rings. The van der Waals surface area contributed by atoms with E-state index in [2.05, 4.69) is 5.32 Å². The summed E-state index contributed by atoms with van der Waals surface area (Å²) in [6.07, 6.45) is 0. The molecule has 2 saturated heterocycles. The average molecular weight is 186 g/mol. The second kappa shape index (κ2) is 2.43. The number of carbonyl (C=O) groups is 2. The summed E-state index contributed by atoms with van der Waals surface area (Å²) in [5.74, 6) is -0.407. The number of aliphatic hydroxyl groups is 1. The quantitative estimate of drug-likeness (QED) is 0.478. The van der Waals surface area contributed by atoms with Crippen LogP contribution in [0.15, 0.2) is 0 Å². The second-order valence-corrected chi connectivity index (χ2v) is 3.38. The summed E-state index contributed by atoms with van der Waals surface area (Å²) in [6.45, 7) is 0.190. The summed E-state index contributed by atoms with van der Waals surface area (Å²) in [7, 11) is 1.38.